The monoisotopic (exact) mass is 580 g/mol. The highest BCUT2D eigenvalue weighted by Crippen LogP contribution is 2.36. The van der Waals surface area contributed by atoms with E-state index in [2.05, 4.69) is 10.3 Å². The summed E-state index contributed by atoms with van der Waals surface area (Å²) in [4.78, 5) is 44.3. The fourth-order valence-electron chi connectivity index (χ4n) is 3.90. The molecule has 1 aromatic heterocycles. The van der Waals surface area contributed by atoms with Crippen molar-refractivity contribution in [3.63, 3.8) is 0 Å². The van der Waals surface area contributed by atoms with E-state index in [1.165, 1.54) is 37.2 Å². The number of sulfone groups is 1. The summed E-state index contributed by atoms with van der Waals surface area (Å²) in [5.41, 5.74) is -6.00. The molecule has 2 aromatic carbocycles. The largest absolute Gasteiger partial charge is 0.501 e. The molecule has 3 aromatic rings. The number of alkyl halides is 3. The van der Waals surface area contributed by atoms with Crippen molar-refractivity contribution in [2.45, 2.75) is 36.3 Å². The third-order valence-electron chi connectivity index (χ3n) is 6.11. The number of imide groups is 1. The highest BCUT2D eigenvalue weighted by Gasteiger charge is 2.52. The Morgan fingerprint density at radius 3 is 2.36 bits per heavy atom. The Kier molecular flexibility index (Phi) is 7.17. The Hall–Kier alpha value is -3.97. The van der Waals surface area contributed by atoms with Crippen molar-refractivity contribution in [3.8, 4) is 0 Å². The van der Waals surface area contributed by atoms with Crippen LogP contribution in [-0.2, 0) is 21.2 Å². The summed E-state index contributed by atoms with van der Waals surface area (Å²) < 4.78 is 62.0. The van der Waals surface area contributed by atoms with E-state index >= 15 is 0 Å². The molecule has 1 N–H and O–H groups in total. The zero-order valence-electron chi connectivity index (χ0n) is 20.4. The molecule has 2 heterocycles. The number of carbonyl (C=O) groups is 3. The molecule has 0 aliphatic carbocycles. The second-order valence-electron chi connectivity index (χ2n) is 9.01. The van der Waals surface area contributed by atoms with Crippen molar-refractivity contribution in [3.05, 3.63) is 83.1 Å². The van der Waals surface area contributed by atoms with Gasteiger partial charge < -0.3 is 10.2 Å². The zero-order chi connectivity index (χ0) is 28.8. The van der Waals surface area contributed by atoms with Gasteiger partial charge >= 0.3 is 11.5 Å². The molecule has 1 fully saturated rings. The van der Waals surface area contributed by atoms with Crippen molar-refractivity contribution in [1.82, 2.24) is 9.88 Å². The zero-order valence-corrected chi connectivity index (χ0v) is 21.9. The highest BCUT2D eigenvalue weighted by molar-refractivity contribution is 7.92. The molecule has 0 bridgehead atoms. The Morgan fingerprint density at radius 2 is 1.74 bits per heavy atom. The number of anilines is 2. The molecule has 0 spiro atoms. The lowest BCUT2D eigenvalue weighted by molar-refractivity contribution is -0.123. The number of benzene rings is 2. The van der Waals surface area contributed by atoms with Gasteiger partial charge in [-0.2, -0.15) is 13.2 Å². The molecule has 39 heavy (non-hydrogen) atoms. The second-order valence-corrected chi connectivity index (χ2v) is 11.4. The van der Waals surface area contributed by atoms with Crippen molar-refractivity contribution >= 4 is 50.7 Å². The number of nitrogens with one attached hydrogen (secondary N) is 1. The van der Waals surface area contributed by atoms with Gasteiger partial charge in [-0.25, -0.2) is 18.1 Å². The fourth-order valence-corrected chi connectivity index (χ4v) is 4.86. The Balaban J connectivity index is 1.61. The average molecular weight is 581 g/mol. The van der Waals surface area contributed by atoms with E-state index in [-0.39, 0.29) is 23.5 Å². The Bertz CT molecular complexity index is 1580. The summed E-state index contributed by atoms with van der Waals surface area (Å²) in [7, 11) is -5.60. The molecule has 0 radical (unpaired) electrons. The molecule has 1 aliphatic rings. The van der Waals surface area contributed by atoms with Crippen LogP contribution in [0.1, 0.15) is 29.8 Å². The third kappa shape index (κ3) is 5.19. The number of hydrogen-bond donors (Lipinski definition) is 1. The van der Waals surface area contributed by atoms with Gasteiger partial charge in [0.05, 0.1) is 29.0 Å². The first kappa shape index (κ1) is 28.0. The lowest BCUT2D eigenvalue weighted by Crippen LogP contribution is -2.43. The van der Waals surface area contributed by atoms with E-state index in [9.17, 15) is 36.0 Å². The molecular weight excluding hydrogens is 561 g/mol. The maximum absolute atomic E-state index is 13.4. The maximum atomic E-state index is 13.4. The fraction of sp³-hybridized carbons (Fsp3) is 0.200. The quantitative estimate of drug-likeness (QED) is 0.409. The van der Waals surface area contributed by atoms with E-state index < -0.39 is 43.6 Å². The second kappa shape index (κ2) is 9.97. The van der Waals surface area contributed by atoms with Crippen LogP contribution in [0.2, 0.25) is 5.02 Å². The van der Waals surface area contributed by atoms with Crippen LogP contribution in [0.15, 0.2) is 71.9 Å². The average Bonchev–Trinajstić information content (AvgIpc) is 3.03. The molecule has 14 heteroatoms. The maximum Gasteiger partial charge on any atom is 0.501 e. The van der Waals surface area contributed by atoms with Crippen LogP contribution in [0.5, 0.6) is 0 Å². The number of rotatable bonds is 6. The SMILES string of the molecule is CC1(C)C(=O)N(c2ccc(S(=O)(=O)C(F)(F)F)cc2)C(=O)N1Cc1ccncc1NC(=O)c1cccc(Cl)c1. The van der Waals surface area contributed by atoms with Crippen molar-refractivity contribution in [2.75, 3.05) is 10.2 Å². The first-order valence-electron chi connectivity index (χ1n) is 11.2. The van der Waals surface area contributed by atoms with Gasteiger partial charge in [0.2, 0.25) is 0 Å². The van der Waals surface area contributed by atoms with Gasteiger partial charge in [-0.1, -0.05) is 17.7 Å². The predicted molar refractivity (Wildman–Crippen MR) is 136 cm³/mol. The number of urea groups is 1. The topological polar surface area (TPSA) is 117 Å². The van der Waals surface area contributed by atoms with Crippen LogP contribution < -0.4 is 10.2 Å². The molecule has 4 rings (SSSR count). The molecule has 0 saturated carbocycles. The number of hydrogen-bond acceptors (Lipinski definition) is 6. The summed E-state index contributed by atoms with van der Waals surface area (Å²) in [6.07, 6.45) is 2.82. The lowest BCUT2D eigenvalue weighted by atomic mass is 10.0. The van der Waals surface area contributed by atoms with Gasteiger partial charge in [-0.3, -0.25) is 14.6 Å². The summed E-state index contributed by atoms with van der Waals surface area (Å²) in [6, 6.07) is 10.3. The van der Waals surface area contributed by atoms with Crippen molar-refractivity contribution < 1.29 is 36.0 Å². The number of nitrogens with zero attached hydrogens (tertiary/aromatic N) is 3. The lowest BCUT2D eigenvalue weighted by Gasteiger charge is -2.28. The summed E-state index contributed by atoms with van der Waals surface area (Å²) >= 11 is 5.96. The van der Waals surface area contributed by atoms with E-state index in [1.807, 2.05) is 0 Å². The molecule has 4 amide bonds. The number of pyridine rings is 1. The standard InChI is InChI=1S/C25H20ClF3N4O5S/c1-24(2)22(35)33(18-6-8-19(9-7-18)39(37,38)25(27,28)29)23(36)32(24)14-16-10-11-30-13-20(16)31-21(34)15-4-3-5-17(26)12-15/h3-13H,14H2,1-2H3,(H,31,34). The van der Waals surface area contributed by atoms with Crippen LogP contribution in [0.25, 0.3) is 0 Å². The summed E-state index contributed by atoms with van der Waals surface area (Å²) in [5, 5.41) is 3.07. The van der Waals surface area contributed by atoms with Crippen LogP contribution in [0.4, 0.5) is 29.3 Å². The van der Waals surface area contributed by atoms with Crippen LogP contribution in [0, 0.1) is 0 Å². The van der Waals surface area contributed by atoms with Gasteiger partial charge in [0.15, 0.2) is 0 Å². The number of amides is 4. The van der Waals surface area contributed by atoms with Gasteiger partial charge in [-0.05, 0) is 67.9 Å². The summed E-state index contributed by atoms with van der Waals surface area (Å²) in [5.74, 6) is -1.16. The van der Waals surface area contributed by atoms with Gasteiger partial charge in [0.25, 0.3) is 21.7 Å². The third-order valence-corrected chi connectivity index (χ3v) is 7.85. The number of halogens is 4. The minimum atomic E-state index is -5.60. The minimum Gasteiger partial charge on any atom is -0.320 e. The first-order valence-corrected chi connectivity index (χ1v) is 13.1. The number of carbonyl (C=O) groups excluding carboxylic acids is 3. The van der Waals surface area contributed by atoms with Crippen LogP contribution in [-0.4, -0.2) is 47.2 Å². The smallest absolute Gasteiger partial charge is 0.320 e. The van der Waals surface area contributed by atoms with E-state index in [4.69, 9.17) is 11.6 Å². The predicted octanol–water partition coefficient (Wildman–Crippen LogP) is 5.03. The molecule has 204 valence electrons. The van der Waals surface area contributed by atoms with E-state index in [0.717, 1.165) is 17.0 Å². The minimum absolute atomic E-state index is 0.106. The summed E-state index contributed by atoms with van der Waals surface area (Å²) in [6.45, 7) is 2.84. The molecule has 1 aliphatic heterocycles. The molecule has 0 atom stereocenters. The van der Waals surface area contributed by atoms with E-state index in [0.29, 0.717) is 22.7 Å². The Morgan fingerprint density at radius 1 is 1.08 bits per heavy atom. The molecular formula is C25H20ClF3N4O5S. The van der Waals surface area contributed by atoms with Gasteiger partial charge in [0.1, 0.15) is 5.54 Å². The molecule has 0 unspecified atom stereocenters. The van der Waals surface area contributed by atoms with Crippen LogP contribution >= 0.6 is 11.6 Å². The van der Waals surface area contributed by atoms with Gasteiger partial charge in [0, 0.05) is 16.8 Å². The van der Waals surface area contributed by atoms with Crippen molar-refractivity contribution in [2.24, 2.45) is 0 Å². The molecule has 9 nitrogen and oxygen atoms in total. The molecule has 1 saturated heterocycles. The first-order chi connectivity index (χ1) is 18.1. The van der Waals surface area contributed by atoms with E-state index in [1.54, 1.807) is 24.3 Å². The normalized spacial score (nSPS) is 15.5. The van der Waals surface area contributed by atoms with Crippen molar-refractivity contribution in [1.29, 1.82) is 0 Å². The number of aromatic nitrogens is 1. The highest BCUT2D eigenvalue weighted by atomic mass is 35.5. The van der Waals surface area contributed by atoms with Gasteiger partial charge in [-0.15, -0.1) is 0 Å². The Labute approximate surface area is 226 Å². The van der Waals surface area contributed by atoms with Crippen LogP contribution in [0.3, 0.4) is 0 Å².